The van der Waals surface area contributed by atoms with Gasteiger partial charge in [0.1, 0.15) is 5.69 Å². The number of amides is 2. The van der Waals surface area contributed by atoms with Gasteiger partial charge in [0.25, 0.3) is 11.8 Å². The molecule has 0 fully saturated rings. The van der Waals surface area contributed by atoms with Crippen molar-refractivity contribution in [1.82, 2.24) is 9.88 Å². The smallest absolute Gasteiger partial charge is 0.268 e. The number of hydrogen-bond donors (Lipinski definition) is 1. The van der Waals surface area contributed by atoms with Crippen molar-refractivity contribution >= 4 is 17.5 Å². The summed E-state index contributed by atoms with van der Waals surface area (Å²) in [6.45, 7) is 7.55. The molecule has 0 spiro atoms. The largest absolute Gasteiger partial charge is 0.347 e. The lowest BCUT2D eigenvalue weighted by Gasteiger charge is -2.23. The maximum atomic E-state index is 14.1. The minimum Gasteiger partial charge on any atom is -0.347 e. The molecule has 0 bridgehead atoms. The number of benzene rings is 4. The van der Waals surface area contributed by atoms with E-state index in [1.807, 2.05) is 101 Å². The van der Waals surface area contributed by atoms with Gasteiger partial charge in [-0.3, -0.25) is 9.59 Å². The zero-order chi connectivity index (χ0) is 28.5. The van der Waals surface area contributed by atoms with Crippen LogP contribution in [0.2, 0.25) is 0 Å². The first-order valence-corrected chi connectivity index (χ1v) is 14.0. The number of rotatable bonds is 5. The SMILES string of the molecule is Cc1cccc(CNC(=O)c2ccc3n2Cc2ccccc2N(C(=O)c2ccc(-c4ccccc4C)c(C)c2)C3)c1. The summed E-state index contributed by atoms with van der Waals surface area (Å²) in [5.74, 6) is -0.186. The van der Waals surface area contributed by atoms with Crippen LogP contribution in [0.1, 0.15) is 54.4 Å². The van der Waals surface area contributed by atoms with Crippen LogP contribution in [0.4, 0.5) is 5.69 Å². The van der Waals surface area contributed by atoms with E-state index in [4.69, 9.17) is 0 Å². The molecular weight excluding hydrogens is 506 g/mol. The average molecular weight is 540 g/mol. The van der Waals surface area contributed by atoms with Gasteiger partial charge in [-0.25, -0.2) is 0 Å². The summed E-state index contributed by atoms with van der Waals surface area (Å²) in [7, 11) is 0. The highest BCUT2D eigenvalue weighted by molar-refractivity contribution is 6.07. The summed E-state index contributed by atoms with van der Waals surface area (Å²) in [4.78, 5) is 29.2. The molecule has 0 atom stereocenters. The predicted molar refractivity (Wildman–Crippen MR) is 164 cm³/mol. The number of para-hydroxylation sites is 1. The van der Waals surface area contributed by atoms with Crippen LogP contribution in [0.15, 0.2) is 103 Å². The summed E-state index contributed by atoms with van der Waals surface area (Å²) >= 11 is 0. The Bertz CT molecular complexity index is 1780. The molecule has 204 valence electrons. The Morgan fingerprint density at radius 1 is 0.732 bits per heavy atom. The molecule has 41 heavy (non-hydrogen) atoms. The highest BCUT2D eigenvalue weighted by Gasteiger charge is 2.27. The number of carbonyl (C=O) groups excluding carboxylic acids is 2. The maximum absolute atomic E-state index is 14.1. The quantitative estimate of drug-likeness (QED) is 0.256. The Labute approximate surface area is 241 Å². The molecule has 1 N–H and O–H groups in total. The Morgan fingerprint density at radius 2 is 1.51 bits per heavy atom. The maximum Gasteiger partial charge on any atom is 0.268 e. The van der Waals surface area contributed by atoms with Crippen LogP contribution in [0.5, 0.6) is 0 Å². The van der Waals surface area contributed by atoms with Crippen molar-refractivity contribution in [2.24, 2.45) is 0 Å². The van der Waals surface area contributed by atoms with Crippen LogP contribution < -0.4 is 10.2 Å². The third-order valence-corrected chi connectivity index (χ3v) is 7.92. The molecule has 2 heterocycles. The molecule has 0 unspecified atom stereocenters. The van der Waals surface area contributed by atoms with Gasteiger partial charge in [0, 0.05) is 23.5 Å². The zero-order valence-corrected chi connectivity index (χ0v) is 23.6. The van der Waals surface area contributed by atoms with E-state index in [1.165, 1.54) is 11.1 Å². The summed E-state index contributed by atoms with van der Waals surface area (Å²) < 4.78 is 2.03. The van der Waals surface area contributed by atoms with Crippen LogP contribution in [0.25, 0.3) is 11.1 Å². The third-order valence-electron chi connectivity index (χ3n) is 7.92. The number of aryl methyl sites for hydroxylation is 3. The number of anilines is 1. The zero-order valence-electron chi connectivity index (χ0n) is 23.6. The molecule has 0 aliphatic carbocycles. The summed E-state index contributed by atoms with van der Waals surface area (Å²) in [5, 5.41) is 3.07. The molecule has 6 rings (SSSR count). The fourth-order valence-corrected chi connectivity index (χ4v) is 5.76. The number of carbonyl (C=O) groups is 2. The van der Waals surface area contributed by atoms with Gasteiger partial charge in [-0.15, -0.1) is 0 Å². The first-order chi connectivity index (χ1) is 19.9. The summed E-state index contributed by atoms with van der Waals surface area (Å²) in [5.41, 5.74) is 10.8. The highest BCUT2D eigenvalue weighted by atomic mass is 16.2. The van der Waals surface area contributed by atoms with Crippen LogP contribution in [0, 0.1) is 20.8 Å². The highest BCUT2D eigenvalue weighted by Crippen LogP contribution is 2.32. The minimum absolute atomic E-state index is 0.0583. The third kappa shape index (κ3) is 5.19. The van der Waals surface area contributed by atoms with Gasteiger partial charge >= 0.3 is 0 Å². The lowest BCUT2D eigenvalue weighted by molar-refractivity contribution is 0.0941. The predicted octanol–water partition coefficient (Wildman–Crippen LogP) is 7.22. The molecule has 5 nitrogen and oxygen atoms in total. The lowest BCUT2D eigenvalue weighted by atomic mass is 9.95. The normalized spacial score (nSPS) is 12.3. The second-order valence-corrected chi connectivity index (χ2v) is 10.8. The molecule has 5 heteroatoms. The van der Waals surface area contributed by atoms with E-state index in [0.717, 1.165) is 39.2 Å². The van der Waals surface area contributed by atoms with Crippen LogP contribution in [-0.4, -0.2) is 16.4 Å². The van der Waals surface area contributed by atoms with Crippen molar-refractivity contribution in [3.8, 4) is 11.1 Å². The monoisotopic (exact) mass is 539 g/mol. The molecule has 5 aromatic rings. The molecule has 4 aromatic carbocycles. The van der Waals surface area contributed by atoms with Crippen molar-refractivity contribution in [2.45, 2.75) is 40.4 Å². The van der Waals surface area contributed by atoms with Crippen molar-refractivity contribution in [3.63, 3.8) is 0 Å². The van der Waals surface area contributed by atoms with E-state index in [9.17, 15) is 9.59 Å². The van der Waals surface area contributed by atoms with Crippen molar-refractivity contribution in [2.75, 3.05) is 4.90 Å². The number of aromatic nitrogens is 1. The summed E-state index contributed by atoms with van der Waals surface area (Å²) in [6.07, 6.45) is 0. The van der Waals surface area contributed by atoms with Gasteiger partial charge < -0.3 is 14.8 Å². The Balaban J connectivity index is 1.30. The van der Waals surface area contributed by atoms with Gasteiger partial charge in [0.05, 0.1) is 13.1 Å². The van der Waals surface area contributed by atoms with Gasteiger partial charge in [-0.1, -0.05) is 78.4 Å². The molecule has 0 saturated heterocycles. The van der Waals surface area contributed by atoms with Crippen molar-refractivity contribution < 1.29 is 9.59 Å². The van der Waals surface area contributed by atoms with Crippen molar-refractivity contribution in [1.29, 1.82) is 0 Å². The number of nitrogens with one attached hydrogen (secondary N) is 1. The number of hydrogen-bond acceptors (Lipinski definition) is 2. The topological polar surface area (TPSA) is 54.3 Å². The van der Waals surface area contributed by atoms with Crippen LogP contribution in [0.3, 0.4) is 0 Å². The van der Waals surface area contributed by atoms with E-state index >= 15 is 0 Å². The lowest BCUT2D eigenvalue weighted by Crippen LogP contribution is -2.30. The standard InChI is InChI=1S/C36H33N3O2/c1-24-9-8-11-27(19-24)21-37-35(40)34-18-16-30-23-39(33-14-7-5-12-29(33)22-38(30)34)36(41)28-15-17-32(26(3)20-28)31-13-6-4-10-25(31)2/h4-20H,21-23H2,1-3H3,(H,37,40). The molecule has 1 aromatic heterocycles. The van der Waals surface area contributed by atoms with Gasteiger partial charge in [-0.05, 0) is 84.5 Å². The van der Waals surface area contributed by atoms with Crippen molar-refractivity contribution in [3.05, 3.63) is 148 Å². The fraction of sp³-hybridized carbons (Fsp3) is 0.167. The second-order valence-electron chi connectivity index (χ2n) is 10.8. The first kappa shape index (κ1) is 26.3. The molecule has 1 aliphatic heterocycles. The van der Waals surface area contributed by atoms with Gasteiger partial charge in [-0.2, -0.15) is 0 Å². The van der Waals surface area contributed by atoms with E-state index in [0.29, 0.717) is 30.9 Å². The minimum atomic E-state index is -0.127. The molecule has 2 amide bonds. The van der Waals surface area contributed by atoms with Gasteiger partial charge in [0.15, 0.2) is 0 Å². The number of fused-ring (bicyclic) bond motifs is 2. The Kier molecular flexibility index (Phi) is 7.02. The molecule has 0 saturated carbocycles. The first-order valence-electron chi connectivity index (χ1n) is 14.0. The molecular formula is C36H33N3O2. The van der Waals surface area contributed by atoms with E-state index in [-0.39, 0.29) is 11.8 Å². The second kappa shape index (κ2) is 10.9. The number of nitrogens with zero attached hydrogens (tertiary/aromatic N) is 2. The van der Waals surface area contributed by atoms with E-state index in [2.05, 4.69) is 37.4 Å². The molecule has 1 aliphatic rings. The Hall–Kier alpha value is -4.90. The van der Waals surface area contributed by atoms with Crippen LogP contribution >= 0.6 is 0 Å². The summed E-state index contributed by atoms with van der Waals surface area (Å²) in [6, 6.07) is 34.2. The fourth-order valence-electron chi connectivity index (χ4n) is 5.76. The average Bonchev–Trinajstić information content (AvgIpc) is 3.29. The van der Waals surface area contributed by atoms with E-state index in [1.54, 1.807) is 0 Å². The van der Waals surface area contributed by atoms with Crippen LogP contribution in [-0.2, 0) is 19.6 Å². The van der Waals surface area contributed by atoms with Gasteiger partial charge in [0.2, 0.25) is 0 Å². The van der Waals surface area contributed by atoms with E-state index < -0.39 is 0 Å². The Morgan fingerprint density at radius 3 is 2.32 bits per heavy atom. The molecule has 0 radical (unpaired) electrons.